The standard InChI is InChI=1S/C22H36O2/c1-3-4-5-6-7-8-9-10-11-12-13-18-22(23)24-19-21-17-15-14-16-20(21)2/h14-17H,3-13,18-19H2,1-2H3. The monoisotopic (exact) mass is 332 g/mol. The zero-order valence-corrected chi connectivity index (χ0v) is 15.8. The molecular formula is C22H36O2. The van der Waals surface area contributed by atoms with Gasteiger partial charge in [0.2, 0.25) is 0 Å². The third kappa shape index (κ3) is 10.5. The zero-order chi connectivity index (χ0) is 17.5. The van der Waals surface area contributed by atoms with Crippen molar-refractivity contribution in [3.8, 4) is 0 Å². The van der Waals surface area contributed by atoms with Gasteiger partial charge in [-0.15, -0.1) is 0 Å². The lowest BCUT2D eigenvalue weighted by atomic mass is 10.1. The van der Waals surface area contributed by atoms with Crippen LogP contribution in [0.5, 0.6) is 0 Å². The molecule has 24 heavy (non-hydrogen) atoms. The molecule has 0 N–H and O–H groups in total. The molecule has 0 aromatic heterocycles. The van der Waals surface area contributed by atoms with E-state index in [1.165, 1.54) is 63.4 Å². The third-order valence-corrected chi connectivity index (χ3v) is 4.63. The van der Waals surface area contributed by atoms with Gasteiger partial charge in [0, 0.05) is 6.42 Å². The molecule has 0 aliphatic rings. The van der Waals surface area contributed by atoms with Gasteiger partial charge in [-0.1, -0.05) is 95.4 Å². The molecule has 2 nitrogen and oxygen atoms in total. The second-order valence-electron chi connectivity index (χ2n) is 6.87. The highest BCUT2D eigenvalue weighted by atomic mass is 16.5. The molecule has 1 aromatic rings. The number of unbranched alkanes of at least 4 members (excludes halogenated alkanes) is 10. The van der Waals surface area contributed by atoms with Crippen molar-refractivity contribution in [3.05, 3.63) is 35.4 Å². The Hall–Kier alpha value is -1.31. The van der Waals surface area contributed by atoms with Crippen molar-refractivity contribution in [3.63, 3.8) is 0 Å². The third-order valence-electron chi connectivity index (χ3n) is 4.63. The molecule has 0 heterocycles. The minimum absolute atomic E-state index is 0.0609. The van der Waals surface area contributed by atoms with Crippen LogP contribution in [0, 0.1) is 6.92 Å². The summed E-state index contributed by atoms with van der Waals surface area (Å²) < 4.78 is 5.36. The molecule has 1 rings (SSSR count). The summed E-state index contributed by atoms with van der Waals surface area (Å²) in [6, 6.07) is 8.06. The van der Waals surface area contributed by atoms with E-state index >= 15 is 0 Å². The summed E-state index contributed by atoms with van der Waals surface area (Å²) in [7, 11) is 0. The molecule has 2 heteroatoms. The molecule has 0 aliphatic carbocycles. The fraction of sp³-hybridized carbons (Fsp3) is 0.682. The average Bonchev–Trinajstić information content (AvgIpc) is 2.59. The van der Waals surface area contributed by atoms with Crippen molar-refractivity contribution >= 4 is 5.97 Å². The lowest BCUT2D eigenvalue weighted by molar-refractivity contribution is -0.145. The Morgan fingerprint density at radius 3 is 1.96 bits per heavy atom. The number of esters is 1. The predicted molar refractivity (Wildman–Crippen MR) is 102 cm³/mol. The number of hydrogen-bond donors (Lipinski definition) is 0. The van der Waals surface area contributed by atoms with Gasteiger partial charge in [0.15, 0.2) is 0 Å². The number of aryl methyl sites for hydroxylation is 1. The van der Waals surface area contributed by atoms with Crippen LogP contribution in [-0.4, -0.2) is 5.97 Å². The Kier molecular flexibility index (Phi) is 12.2. The van der Waals surface area contributed by atoms with Gasteiger partial charge in [-0.25, -0.2) is 0 Å². The summed E-state index contributed by atoms with van der Waals surface area (Å²) in [5, 5.41) is 0. The maximum atomic E-state index is 11.8. The van der Waals surface area contributed by atoms with Crippen LogP contribution in [0.15, 0.2) is 24.3 Å². The highest BCUT2D eigenvalue weighted by molar-refractivity contribution is 5.69. The van der Waals surface area contributed by atoms with Crippen molar-refractivity contribution < 1.29 is 9.53 Å². The van der Waals surface area contributed by atoms with Crippen molar-refractivity contribution in [1.82, 2.24) is 0 Å². The molecule has 1 aromatic carbocycles. The predicted octanol–water partition coefficient (Wildman–Crippen LogP) is 6.74. The number of hydrogen-bond acceptors (Lipinski definition) is 2. The maximum Gasteiger partial charge on any atom is 0.306 e. The fourth-order valence-corrected chi connectivity index (χ4v) is 2.94. The Balaban J connectivity index is 1.90. The number of carbonyl (C=O) groups is 1. The molecule has 0 unspecified atom stereocenters. The van der Waals surface area contributed by atoms with Gasteiger partial charge in [0.25, 0.3) is 0 Å². The highest BCUT2D eigenvalue weighted by Gasteiger charge is 2.04. The van der Waals surface area contributed by atoms with Crippen LogP contribution in [0.25, 0.3) is 0 Å². The summed E-state index contributed by atoms with van der Waals surface area (Å²) in [5.74, 6) is -0.0609. The first kappa shape index (κ1) is 20.7. The Bertz CT molecular complexity index is 439. The van der Waals surface area contributed by atoms with Crippen molar-refractivity contribution in [2.24, 2.45) is 0 Å². The molecule has 0 bridgehead atoms. The zero-order valence-electron chi connectivity index (χ0n) is 15.8. The number of carbonyl (C=O) groups excluding carboxylic acids is 1. The molecular weight excluding hydrogens is 296 g/mol. The van der Waals surface area contributed by atoms with Crippen molar-refractivity contribution in [2.45, 2.75) is 97.5 Å². The molecule has 136 valence electrons. The van der Waals surface area contributed by atoms with Gasteiger partial charge < -0.3 is 4.74 Å². The Morgan fingerprint density at radius 1 is 0.833 bits per heavy atom. The van der Waals surface area contributed by atoms with Crippen LogP contribution >= 0.6 is 0 Å². The number of ether oxygens (including phenoxy) is 1. The lowest BCUT2D eigenvalue weighted by Gasteiger charge is -2.07. The second kappa shape index (κ2) is 14.1. The van der Waals surface area contributed by atoms with Gasteiger partial charge in [-0.2, -0.15) is 0 Å². The lowest BCUT2D eigenvalue weighted by Crippen LogP contribution is -2.05. The van der Waals surface area contributed by atoms with E-state index in [-0.39, 0.29) is 5.97 Å². The van der Waals surface area contributed by atoms with Gasteiger partial charge in [0.05, 0.1) is 0 Å². The van der Waals surface area contributed by atoms with E-state index in [1.807, 2.05) is 31.2 Å². The van der Waals surface area contributed by atoms with Crippen LogP contribution in [0.2, 0.25) is 0 Å². The average molecular weight is 333 g/mol. The summed E-state index contributed by atoms with van der Waals surface area (Å²) >= 11 is 0. The topological polar surface area (TPSA) is 26.3 Å². The first-order valence-corrected chi connectivity index (χ1v) is 9.94. The fourth-order valence-electron chi connectivity index (χ4n) is 2.94. The summed E-state index contributed by atoms with van der Waals surface area (Å²) in [5.41, 5.74) is 2.28. The van der Waals surface area contributed by atoms with Gasteiger partial charge in [-0.05, 0) is 24.5 Å². The minimum Gasteiger partial charge on any atom is -0.461 e. The van der Waals surface area contributed by atoms with Crippen molar-refractivity contribution in [2.75, 3.05) is 0 Å². The van der Waals surface area contributed by atoms with E-state index in [2.05, 4.69) is 6.92 Å². The molecule has 0 saturated heterocycles. The van der Waals surface area contributed by atoms with Gasteiger partial charge in [-0.3, -0.25) is 4.79 Å². The van der Waals surface area contributed by atoms with Crippen molar-refractivity contribution in [1.29, 1.82) is 0 Å². The van der Waals surface area contributed by atoms with Crippen LogP contribution in [0.3, 0.4) is 0 Å². The van der Waals surface area contributed by atoms with Crippen LogP contribution < -0.4 is 0 Å². The molecule has 0 saturated carbocycles. The second-order valence-corrected chi connectivity index (χ2v) is 6.87. The van der Waals surface area contributed by atoms with Crippen LogP contribution in [0.4, 0.5) is 0 Å². The maximum absolute atomic E-state index is 11.8. The molecule has 0 fully saturated rings. The summed E-state index contributed by atoms with van der Waals surface area (Å²) in [4.78, 5) is 11.8. The van der Waals surface area contributed by atoms with E-state index in [9.17, 15) is 4.79 Å². The first-order valence-electron chi connectivity index (χ1n) is 9.94. The summed E-state index contributed by atoms with van der Waals surface area (Å²) in [6.45, 7) is 4.72. The Labute approximate surface area is 149 Å². The van der Waals surface area contributed by atoms with E-state index in [0.717, 1.165) is 18.4 Å². The largest absolute Gasteiger partial charge is 0.461 e. The van der Waals surface area contributed by atoms with E-state index in [0.29, 0.717) is 13.0 Å². The minimum atomic E-state index is -0.0609. The van der Waals surface area contributed by atoms with Crippen LogP contribution in [0.1, 0.15) is 95.1 Å². The highest BCUT2D eigenvalue weighted by Crippen LogP contribution is 2.13. The Morgan fingerprint density at radius 2 is 1.38 bits per heavy atom. The molecule has 0 spiro atoms. The van der Waals surface area contributed by atoms with Gasteiger partial charge in [0.1, 0.15) is 6.61 Å². The molecule has 0 amide bonds. The number of rotatable bonds is 14. The smallest absolute Gasteiger partial charge is 0.306 e. The molecule has 0 atom stereocenters. The van der Waals surface area contributed by atoms with Crippen LogP contribution in [-0.2, 0) is 16.1 Å². The SMILES string of the molecule is CCCCCCCCCCCCCC(=O)OCc1ccccc1C. The van der Waals surface area contributed by atoms with E-state index < -0.39 is 0 Å². The molecule has 0 aliphatic heterocycles. The summed E-state index contributed by atoms with van der Waals surface area (Å²) in [6.07, 6.45) is 14.9. The van der Waals surface area contributed by atoms with E-state index in [4.69, 9.17) is 4.74 Å². The van der Waals surface area contributed by atoms with E-state index in [1.54, 1.807) is 0 Å². The quantitative estimate of drug-likeness (QED) is 0.278. The molecule has 0 radical (unpaired) electrons. The van der Waals surface area contributed by atoms with Gasteiger partial charge >= 0.3 is 5.97 Å². The normalized spacial score (nSPS) is 10.8. The number of benzene rings is 1. The first-order chi connectivity index (χ1) is 11.7.